The van der Waals surface area contributed by atoms with Crippen LogP contribution in [0.4, 0.5) is 0 Å². The number of aromatic nitrogens is 2. The molecule has 1 aromatic carbocycles. The number of benzene rings is 1. The van der Waals surface area contributed by atoms with E-state index in [0.29, 0.717) is 29.9 Å². The summed E-state index contributed by atoms with van der Waals surface area (Å²) in [6.45, 7) is 14.0. The molecule has 3 N–H and O–H groups in total. The number of hydrogen-bond donors (Lipinski definition) is 3. The Labute approximate surface area is 222 Å². The number of carbonyl (C=O) groups is 1. The molecule has 10 heteroatoms. The third-order valence-electron chi connectivity index (χ3n) is 6.23. The van der Waals surface area contributed by atoms with E-state index in [1.165, 1.54) is 10.4 Å². The average Bonchev–Trinajstić information content (AvgIpc) is 3.51. The van der Waals surface area contributed by atoms with Crippen LogP contribution in [0.15, 0.2) is 22.7 Å². The van der Waals surface area contributed by atoms with Crippen molar-refractivity contribution in [1.29, 1.82) is 0 Å². The van der Waals surface area contributed by atoms with Gasteiger partial charge < -0.3 is 24.8 Å². The largest absolute Gasteiger partial charge is 0.490 e. The van der Waals surface area contributed by atoms with Gasteiger partial charge in [-0.2, -0.15) is 4.98 Å². The molecule has 0 fully saturated rings. The summed E-state index contributed by atoms with van der Waals surface area (Å²) in [6, 6.07) is 6.50. The van der Waals surface area contributed by atoms with Gasteiger partial charge in [0.1, 0.15) is 25.1 Å². The number of aryl methyl sites for hydroxylation is 3. The third kappa shape index (κ3) is 7.38. The lowest BCUT2D eigenvalue weighted by Gasteiger charge is -2.24. The van der Waals surface area contributed by atoms with Gasteiger partial charge in [-0.25, -0.2) is 0 Å². The molecule has 0 saturated carbocycles. The Bertz CT molecular complexity index is 1190. The van der Waals surface area contributed by atoms with Gasteiger partial charge in [0.2, 0.25) is 11.7 Å². The van der Waals surface area contributed by atoms with Gasteiger partial charge in [-0.1, -0.05) is 19.0 Å². The zero-order valence-electron chi connectivity index (χ0n) is 22.5. The van der Waals surface area contributed by atoms with Crippen LogP contribution in [0.2, 0.25) is 0 Å². The number of amides is 1. The van der Waals surface area contributed by atoms with Crippen LogP contribution in [-0.2, 0) is 17.8 Å². The van der Waals surface area contributed by atoms with Gasteiger partial charge in [0.05, 0.1) is 4.88 Å². The molecular formula is C27H38N4O5S. The van der Waals surface area contributed by atoms with Crippen molar-refractivity contribution in [3.63, 3.8) is 0 Å². The molecule has 1 unspecified atom stereocenters. The molecule has 0 bridgehead atoms. The maximum Gasteiger partial charge on any atom is 0.268 e. The molecule has 0 saturated heterocycles. The van der Waals surface area contributed by atoms with Gasteiger partial charge in [0.15, 0.2) is 0 Å². The second kappa shape index (κ2) is 13.1. The quantitative estimate of drug-likeness (QED) is 0.306. The van der Waals surface area contributed by atoms with Gasteiger partial charge in [-0.05, 0) is 75.5 Å². The molecule has 0 aliphatic heterocycles. The highest BCUT2D eigenvalue weighted by molar-refractivity contribution is 7.15. The average molecular weight is 531 g/mol. The molecule has 9 nitrogen and oxygen atoms in total. The van der Waals surface area contributed by atoms with E-state index in [9.17, 15) is 9.90 Å². The fraction of sp³-hybridized carbons (Fsp3) is 0.519. The molecule has 1 atom stereocenters. The van der Waals surface area contributed by atoms with E-state index in [2.05, 4.69) is 54.1 Å². The van der Waals surface area contributed by atoms with E-state index in [0.717, 1.165) is 34.7 Å². The Morgan fingerprint density at radius 1 is 1.22 bits per heavy atom. The van der Waals surface area contributed by atoms with Crippen molar-refractivity contribution in [2.75, 3.05) is 26.3 Å². The van der Waals surface area contributed by atoms with E-state index in [-0.39, 0.29) is 13.2 Å². The lowest BCUT2D eigenvalue weighted by molar-refractivity contribution is -0.124. The fourth-order valence-electron chi connectivity index (χ4n) is 4.04. The van der Waals surface area contributed by atoms with E-state index >= 15 is 0 Å². The predicted molar refractivity (Wildman–Crippen MR) is 145 cm³/mol. The van der Waals surface area contributed by atoms with Crippen LogP contribution < -0.4 is 10.1 Å². The fourth-order valence-corrected chi connectivity index (χ4v) is 5.16. The number of nitrogens with zero attached hydrogens (tertiary/aromatic N) is 3. The number of aliphatic hydroxyl groups is 2. The van der Waals surface area contributed by atoms with Gasteiger partial charge >= 0.3 is 0 Å². The standard InChI is InChI=1S/C27H38N4O5S/c1-7-19-11-20(9-18(6)25(19)35-15-21(33)12-28-24(34)14-32)26-29-27(36-30-26)22-10-17(5)23(37-22)13-31(8-2)16(3)4/h9-11,16,21,32-33H,7-8,12-15H2,1-6H3,(H,28,34). The van der Waals surface area contributed by atoms with Crippen LogP contribution in [0.5, 0.6) is 5.75 Å². The van der Waals surface area contributed by atoms with Crippen molar-refractivity contribution in [3.8, 4) is 27.9 Å². The minimum atomic E-state index is -0.900. The first-order chi connectivity index (χ1) is 17.7. The molecule has 0 aliphatic rings. The molecule has 3 rings (SSSR count). The van der Waals surface area contributed by atoms with Crippen LogP contribution in [-0.4, -0.2) is 69.6 Å². The summed E-state index contributed by atoms with van der Waals surface area (Å²) in [5, 5.41) is 25.6. The number of aliphatic hydroxyl groups excluding tert-OH is 2. The minimum Gasteiger partial charge on any atom is -0.490 e. The Hall–Kier alpha value is -2.79. The van der Waals surface area contributed by atoms with Crippen LogP contribution in [0.25, 0.3) is 22.2 Å². The van der Waals surface area contributed by atoms with Crippen molar-refractivity contribution in [3.05, 3.63) is 39.8 Å². The maximum atomic E-state index is 11.2. The molecule has 2 aromatic heterocycles. The molecule has 37 heavy (non-hydrogen) atoms. The summed E-state index contributed by atoms with van der Waals surface area (Å²) in [7, 11) is 0. The van der Waals surface area contributed by atoms with Crippen molar-refractivity contribution < 1.29 is 24.3 Å². The molecular weight excluding hydrogens is 492 g/mol. The van der Waals surface area contributed by atoms with Crippen molar-refractivity contribution in [2.45, 2.75) is 66.7 Å². The Morgan fingerprint density at radius 3 is 2.62 bits per heavy atom. The molecule has 2 heterocycles. The first-order valence-corrected chi connectivity index (χ1v) is 13.5. The predicted octanol–water partition coefficient (Wildman–Crippen LogP) is 3.72. The van der Waals surface area contributed by atoms with Crippen LogP contribution in [0, 0.1) is 13.8 Å². The van der Waals surface area contributed by atoms with Gasteiger partial charge in [0, 0.05) is 29.6 Å². The number of rotatable bonds is 13. The number of carbonyl (C=O) groups excluding carboxylic acids is 1. The van der Waals surface area contributed by atoms with Crippen LogP contribution in [0.1, 0.15) is 49.3 Å². The second-order valence-electron chi connectivity index (χ2n) is 9.36. The Kier molecular flexibility index (Phi) is 10.2. The van der Waals surface area contributed by atoms with Gasteiger partial charge in [0.25, 0.3) is 5.89 Å². The summed E-state index contributed by atoms with van der Waals surface area (Å²) in [4.78, 5) is 20.5. The molecule has 202 valence electrons. The molecule has 0 radical (unpaired) electrons. The maximum absolute atomic E-state index is 11.2. The minimum absolute atomic E-state index is 0.00146. The summed E-state index contributed by atoms with van der Waals surface area (Å²) in [5.74, 6) is 1.16. The molecule has 0 aliphatic carbocycles. The van der Waals surface area contributed by atoms with Crippen molar-refractivity contribution in [2.24, 2.45) is 0 Å². The first-order valence-electron chi connectivity index (χ1n) is 12.7. The highest BCUT2D eigenvalue weighted by Crippen LogP contribution is 2.34. The van der Waals surface area contributed by atoms with Crippen LogP contribution >= 0.6 is 11.3 Å². The number of ether oxygens (including phenoxy) is 1. The Balaban J connectivity index is 1.76. The number of hydrogen-bond acceptors (Lipinski definition) is 9. The topological polar surface area (TPSA) is 121 Å². The van der Waals surface area contributed by atoms with Gasteiger partial charge in [-0.15, -0.1) is 11.3 Å². The smallest absolute Gasteiger partial charge is 0.268 e. The van der Waals surface area contributed by atoms with E-state index in [4.69, 9.17) is 14.4 Å². The van der Waals surface area contributed by atoms with Gasteiger partial charge in [-0.3, -0.25) is 9.69 Å². The normalized spacial score (nSPS) is 12.4. The summed E-state index contributed by atoms with van der Waals surface area (Å²) in [6.07, 6.45) is -0.188. The van der Waals surface area contributed by atoms with Crippen molar-refractivity contribution >= 4 is 17.2 Å². The SMILES string of the molecule is CCc1cc(-c2noc(-c3cc(C)c(CN(CC)C(C)C)s3)n2)cc(C)c1OCC(O)CNC(=O)CO. The lowest BCUT2D eigenvalue weighted by atomic mass is 10.0. The van der Waals surface area contributed by atoms with Crippen molar-refractivity contribution in [1.82, 2.24) is 20.4 Å². The van der Waals surface area contributed by atoms with Crippen LogP contribution in [0.3, 0.4) is 0 Å². The zero-order chi connectivity index (χ0) is 27.1. The molecule has 1 amide bonds. The van der Waals surface area contributed by atoms with E-state index in [1.807, 2.05) is 26.0 Å². The molecule has 0 spiro atoms. The Morgan fingerprint density at radius 2 is 1.97 bits per heavy atom. The molecule has 3 aromatic rings. The monoisotopic (exact) mass is 530 g/mol. The summed E-state index contributed by atoms with van der Waals surface area (Å²) < 4.78 is 11.5. The lowest BCUT2D eigenvalue weighted by Crippen LogP contribution is -2.36. The second-order valence-corrected chi connectivity index (χ2v) is 10.5. The number of nitrogens with one attached hydrogen (secondary N) is 1. The highest BCUT2D eigenvalue weighted by atomic mass is 32.1. The first kappa shape index (κ1) is 28.8. The summed E-state index contributed by atoms with van der Waals surface area (Å²) >= 11 is 1.69. The van der Waals surface area contributed by atoms with E-state index in [1.54, 1.807) is 11.3 Å². The van der Waals surface area contributed by atoms with E-state index < -0.39 is 18.6 Å². The number of thiophene rings is 1. The third-order valence-corrected chi connectivity index (χ3v) is 7.44. The summed E-state index contributed by atoms with van der Waals surface area (Å²) in [5.41, 5.74) is 3.89. The highest BCUT2D eigenvalue weighted by Gasteiger charge is 2.19. The zero-order valence-corrected chi connectivity index (χ0v) is 23.3.